The topological polar surface area (TPSA) is 55.3 Å². The minimum absolute atomic E-state index is 0.0681. The molecule has 0 spiro atoms. The SMILES string of the molecule is COc1cccnc1N(C)C(=O)c1scnc1C1CCCC1. The van der Waals surface area contributed by atoms with Crippen molar-refractivity contribution in [1.29, 1.82) is 0 Å². The first-order valence-electron chi connectivity index (χ1n) is 7.42. The molecule has 0 unspecified atom stereocenters. The lowest BCUT2D eigenvalue weighted by Gasteiger charge is -2.19. The van der Waals surface area contributed by atoms with Crippen molar-refractivity contribution >= 4 is 23.1 Å². The summed E-state index contributed by atoms with van der Waals surface area (Å²) in [4.78, 5) is 23.9. The van der Waals surface area contributed by atoms with Crippen LogP contribution in [0.3, 0.4) is 0 Å². The van der Waals surface area contributed by atoms with E-state index < -0.39 is 0 Å². The third-order valence-electron chi connectivity index (χ3n) is 4.12. The summed E-state index contributed by atoms with van der Waals surface area (Å²) >= 11 is 1.41. The molecule has 1 saturated carbocycles. The second kappa shape index (κ2) is 6.44. The van der Waals surface area contributed by atoms with E-state index in [1.807, 2.05) is 0 Å². The van der Waals surface area contributed by atoms with Crippen molar-refractivity contribution in [3.63, 3.8) is 0 Å². The number of hydrogen-bond donors (Lipinski definition) is 0. The minimum atomic E-state index is -0.0681. The van der Waals surface area contributed by atoms with Crippen molar-refractivity contribution in [3.8, 4) is 5.75 Å². The number of hydrogen-bond acceptors (Lipinski definition) is 5. The van der Waals surface area contributed by atoms with E-state index in [2.05, 4.69) is 9.97 Å². The molecule has 2 aromatic rings. The normalized spacial score (nSPS) is 15.0. The van der Waals surface area contributed by atoms with Crippen LogP contribution in [0.1, 0.15) is 47.0 Å². The second-order valence-corrected chi connectivity index (χ2v) is 6.30. The van der Waals surface area contributed by atoms with Crippen LogP contribution in [-0.2, 0) is 0 Å². The zero-order chi connectivity index (χ0) is 15.5. The van der Waals surface area contributed by atoms with Gasteiger partial charge in [0.15, 0.2) is 11.6 Å². The third-order valence-corrected chi connectivity index (χ3v) is 4.95. The van der Waals surface area contributed by atoms with Crippen molar-refractivity contribution < 1.29 is 9.53 Å². The van der Waals surface area contributed by atoms with Crippen LogP contribution in [0.25, 0.3) is 0 Å². The summed E-state index contributed by atoms with van der Waals surface area (Å²) in [6.07, 6.45) is 6.35. The summed E-state index contributed by atoms with van der Waals surface area (Å²) in [5, 5.41) is 0. The van der Waals surface area contributed by atoms with Crippen LogP contribution >= 0.6 is 11.3 Å². The minimum Gasteiger partial charge on any atom is -0.493 e. The van der Waals surface area contributed by atoms with Crippen LogP contribution in [0, 0.1) is 0 Å². The number of nitrogens with zero attached hydrogens (tertiary/aromatic N) is 3. The van der Waals surface area contributed by atoms with Crippen LogP contribution < -0.4 is 9.64 Å². The number of anilines is 1. The van der Waals surface area contributed by atoms with Crippen molar-refractivity contribution in [2.24, 2.45) is 0 Å². The van der Waals surface area contributed by atoms with Gasteiger partial charge < -0.3 is 4.74 Å². The Morgan fingerprint density at radius 2 is 2.14 bits per heavy atom. The fraction of sp³-hybridized carbons (Fsp3) is 0.438. The standard InChI is InChI=1S/C16H19N3O2S/c1-19(15-12(21-2)8-5-9-17-15)16(20)14-13(18-10-22-14)11-6-3-4-7-11/h5,8-11H,3-4,6-7H2,1-2H3. The number of methoxy groups -OCH3 is 1. The first-order chi connectivity index (χ1) is 10.7. The molecule has 1 aliphatic rings. The van der Waals surface area contributed by atoms with Gasteiger partial charge in [0.1, 0.15) is 4.88 Å². The maximum Gasteiger partial charge on any atom is 0.271 e. The Labute approximate surface area is 134 Å². The smallest absolute Gasteiger partial charge is 0.271 e. The zero-order valence-electron chi connectivity index (χ0n) is 12.8. The van der Waals surface area contributed by atoms with Gasteiger partial charge in [-0.15, -0.1) is 11.3 Å². The highest BCUT2D eigenvalue weighted by molar-refractivity contribution is 7.12. The molecule has 1 fully saturated rings. The number of aromatic nitrogens is 2. The molecule has 0 bridgehead atoms. The summed E-state index contributed by atoms with van der Waals surface area (Å²) in [5.41, 5.74) is 2.72. The van der Waals surface area contributed by atoms with Gasteiger partial charge in [0.25, 0.3) is 5.91 Å². The van der Waals surface area contributed by atoms with Gasteiger partial charge in [0, 0.05) is 19.2 Å². The van der Waals surface area contributed by atoms with Crippen molar-refractivity contribution in [3.05, 3.63) is 34.4 Å². The van der Waals surface area contributed by atoms with Crippen LogP contribution in [0.5, 0.6) is 5.75 Å². The lowest BCUT2D eigenvalue weighted by Crippen LogP contribution is -2.28. The Hall–Kier alpha value is -1.95. The average Bonchev–Trinajstić information content (AvgIpc) is 3.23. The molecule has 116 valence electrons. The van der Waals surface area contributed by atoms with Crippen LogP contribution in [0.4, 0.5) is 5.82 Å². The molecule has 0 aromatic carbocycles. The Balaban J connectivity index is 1.89. The zero-order valence-corrected chi connectivity index (χ0v) is 13.6. The first kappa shape index (κ1) is 15.0. The van der Waals surface area contributed by atoms with E-state index in [0.717, 1.165) is 23.4 Å². The molecule has 1 amide bonds. The molecule has 0 saturated heterocycles. The van der Waals surface area contributed by atoms with Gasteiger partial charge in [-0.1, -0.05) is 12.8 Å². The number of rotatable bonds is 4. The Morgan fingerprint density at radius 1 is 1.36 bits per heavy atom. The third kappa shape index (κ3) is 2.70. The van der Waals surface area contributed by atoms with Crippen LogP contribution in [-0.4, -0.2) is 30.0 Å². The van der Waals surface area contributed by atoms with Crippen molar-refractivity contribution in [2.45, 2.75) is 31.6 Å². The van der Waals surface area contributed by atoms with Crippen molar-refractivity contribution in [1.82, 2.24) is 9.97 Å². The molecule has 6 heteroatoms. The number of amides is 1. The highest BCUT2D eigenvalue weighted by Gasteiger charge is 2.28. The van der Waals surface area contributed by atoms with Gasteiger partial charge in [0.05, 0.1) is 18.3 Å². The Kier molecular flexibility index (Phi) is 4.38. The highest BCUT2D eigenvalue weighted by Crippen LogP contribution is 2.37. The molecule has 0 N–H and O–H groups in total. The molecular weight excluding hydrogens is 298 g/mol. The Morgan fingerprint density at radius 3 is 2.86 bits per heavy atom. The lowest BCUT2D eigenvalue weighted by molar-refractivity contribution is 0.0994. The fourth-order valence-electron chi connectivity index (χ4n) is 2.95. The lowest BCUT2D eigenvalue weighted by atomic mass is 10.0. The quantitative estimate of drug-likeness (QED) is 0.866. The largest absolute Gasteiger partial charge is 0.493 e. The maximum absolute atomic E-state index is 12.9. The molecule has 22 heavy (non-hydrogen) atoms. The summed E-state index contributed by atoms with van der Waals surface area (Å²) in [6.45, 7) is 0. The van der Waals surface area contributed by atoms with Gasteiger partial charge >= 0.3 is 0 Å². The predicted molar refractivity (Wildman–Crippen MR) is 86.8 cm³/mol. The van der Waals surface area contributed by atoms with Gasteiger partial charge in [-0.2, -0.15) is 0 Å². The van der Waals surface area contributed by atoms with E-state index in [9.17, 15) is 4.79 Å². The molecule has 0 radical (unpaired) electrons. The number of ether oxygens (including phenoxy) is 1. The van der Waals surface area contributed by atoms with E-state index >= 15 is 0 Å². The van der Waals surface area contributed by atoms with Crippen LogP contribution in [0.2, 0.25) is 0 Å². The van der Waals surface area contributed by atoms with Crippen molar-refractivity contribution in [2.75, 3.05) is 19.1 Å². The fourth-order valence-corrected chi connectivity index (χ4v) is 3.80. The number of carbonyl (C=O) groups is 1. The molecule has 2 heterocycles. The second-order valence-electron chi connectivity index (χ2n) is 5.44. The van der Waals surface area contributed by atoms with Gasteiger partial charge in [-0.3, -0.25) is 9.69 Å². The number of pyridine rings is 1. The maximum atomic E-state index is 12.9. The molecule has 1 aliphatic carbocycles. The van der Waals surface area contributed by atoms with E-state index in [1.165, 1.54) is 24.2 Å². The highest BCUT2D eigenvalue weighted by atomic mass is 32.1. The summed E-state index contributed by atoms with van der Waals surface area (Å²) in [7, 11) is 3.31. The number of carbonyl (C=O) groups excluding carboxylic acids is 1. The first-order valence-corrected chi connectivity index (χ1v) is 8.30. The van der Waals surface area contributed by atoms with Gasteiger partial charge in [0.2, 0.25) is 0 Å². The average molecular weight is 317 g/mol. The van der Waals surface area contributed by atoms with E-state index in [4.69, 9.17) is 4.74 Å². The van der Waals surface area contributed by atoms with Gasteiger partial charge in [-0.05, 0) is 25.0 Å². The Bertz CT molecular complexity index is 665. The number of thiazole rings is 1. The molecule has 0 atom stereocenters. The summed E-state index contributed by atoms with van der Waals surface area (Å²) in [6, 6.07) is 3.59. The molecule has 5 nitrogen and oxygen atoms in total. The molecule has 0 aliphatic heterocycles. The monoisotopic (exact) mass is 317 g/mol. The van der Waals surface area contributed by atoms with Gasteiger partial charge in [-0.25, -0.2) is 9.97 Å². The molecular formula is C16H19N3O2S. The van der Waals surface area contributed by atoms with E-state index in [-0.39, 0.29) is 5.91 Å². The molecule has 3 rings (SSSR count). The van der Waals surface area contributed by atoms with E-state index in [1.54, 1.807) is 42.9 Å². The summed E-state index contributed by atoms with van der Waals surface area (Å²) in [5.74, 6) is 1.47. The molecule has 2 aromatic heterocycles. The van der Waals surface area contributed by atoms with Crippen LogP contribution in [0.15, 0.2) is 23.8 Å². The summed E-state index contributed by atoms with van der Waals surface area (Å²) < 4.78 is 5.30. The predicted octanol–water partition coefficient (Wildman–Crippen LogP) is 3.48. The van der Waals surface area contributed by atoms with E-state index in [0.29, 0.717) is 17.5 Å².